The number of para-hydroxylation sites is 1. The van der Waals surface area contributed by atoms with Gasteiger partial charge >= 0.3 is 0 Å². The third-order valence-corrected chi connectivity index (χ3v) is 1.88. The van der Waals surface area contributed by atoms with Gasteiger partial charge in [-0.25, -0.2) is 0 Å². The zero-order chi connectivity index (χ0) is 8.55. The van der Waals surface area contributed by atoms with Crippen LogP contribution in [0.25, 0.3) is 10.9 Å². The van der Waals surface area contributed by atoms with Crippen molar-refractivity contribution in [3.8, 4) is 0 Å². The third kappa shape index (κ3) is 0.925. The second kappa shape index (κ2) is 2.48. The second-order valence-electron chi connectivity index (χ2n) is 2.74. The van der Waals surface area contributed by atoms with Crippen LogP contribution in [-0.2, 0) is 0 Å². The molecule has 0 spiro atoms. The molecular weight excluding hydrogens is 150 g/mol. The second-order valence-corrected chi connectivity index (χ2v) is 2.74. The molecule has 2 aromatic rings. The van der Waals surface area contributed by atoms with E-state index in [0.717, 1.165) is 10.1 Å². The van der Waals surface area contributed by atoms with Crippen LogP contribution in [0.15, 0.2) is 30.3 Å². The molecule has 0 bridgehead atoms. The van der Waals surface area contributed by atoms with Crippen LogP contribution in [0.3, 0.4) is 0 Å². The van der Waals surface area contributed by atoms with Crippen molar-refractivity contribution in [2.24, 2.45) is 0 Å². The van der Waals surface area contributed by atoms with Crippen LogP contribution in [0.5, 0.6) is 0 Å². The minimum atomic E-state index is 0.675. The molecule has 2 nitrogen and oxygen atoms in total. The van der Waals surface area contributed by atoms with Gasteiger partial charge in [0.05, 0.1) is 5.39 Å². The van der Waals surface area contributed by atoms with Crippen molar-refractivity contribution in [1.82, 2.24) is 0 Å². The molecule has 0 saturated heterocycles. The van der Waals surface area contributed by atoms with Crippen molar-refractivity contribution in [2.75, 3.05) is 0 Å². The Bertz CT molecular complexity index is 423. The Morgan fingerprint density at radius 1 is 1.33 bits per heavy atom. The van der Waals surface area contributed by atoms with Crippen molar-refractivity contribution >= 4 is 10.9 Å². The van der Waals surface area contributed by atoms with Crippen LogP contribution in [0.2, 0.25) is 0 Å². The fraction of sp³-hybridized carbons (Fsp3) is 0.100. The molecule has 1 aromatic heterocycles. The molecule has 0 N–H and O–H groups in total. The molecule has 12 heavy (non-hydrogen) atoms. The molecule has 0 amide bonds. The quantitative estimate of drug-likeness (QED) is 0.422. The zero-order valence-electron chi connectivity index (χ0n) is 6.74. The highest BCUT2D eigenvalue weighted by molar-refractivity contribution is 5.74. The summed E-state index contributed by atoms with van der Waals surface area (Å²) in [5.41, 5.74) is 1.35. The Morgan fingerprint density at radius 3 is 2.92 bits per heavy atom. The third-order valence-electron chi connectivity index (χ3n) is 1.88. The van der Waals surface area contributed by atoms with Gasteiger partial charge in [0, 0.05) is 25.1 Å². The molecule has 0 saturated carbocycles. The van der Waals surface area contributed by atoms with E-state index in [0.29, 0.717) is 11.2 Å². The van der Waals surface area contributed by atoms with E-state index < -0.39 is 0 Å². The first-order chi connectivity index (χ1) is 5.79. The molecule has 1 radical (unpaired) electrons. The minimum absolute atomic E-state index is 0.675. The number of aromatic nitrogens is 1. The number of benzene rings is 1. The van der Waals surface area contributed by atoms with E-state index in [-0.39, 0.29) is 0 Å². The summed E-state index contributed by atoms with van der Waals surface area (Å²) in [4.78, 5) is 0. The first kappa shape index (κ1) is 7.10. The average Bonchev–Trinajstić information content (AvgIpc) is 2.12. The lowest BCUT2D eigenvalue weighted by Gasteiger charge is -2.02. The van der Waals surface area contributed by atoms with Gasteiger partial charge in [0.1, 0.15) is 0 Å². The van der Waals surface area contributed by atoms with Crippen molar-refractivity contribution in [3.05, 3.63) is 47.3 Å². The molecule has 2 heteroatoms. The summed E-state index contributed by atoms with van der Waals surface area (Å²) in [5.74, 6) is 0. The van der Waals surface area contributed by atoms with Crippen LogP contribution in [0.1, 0.15) is 5.69 Å². The van der Waals surface area contributed by atoms with Crippen LogP contribution in [-0.4, -0.2) is 0 Å². The maximum absolute atomic E-state index is 11.4. The van der Waals surface area contributed by atoms with Crippen LogP contribution in [0, 0.1) is 18.2 Å². The molecule has 2 rings (SSSR count). The molecular formula is C10H8NO. The predicted molar refractivity (Wildman–Crippen MR) is 46.5 cm³/mol. The Morgan fingerprint density at radius 2 is 2.08 bits per heavy atom. The van der Waals surface area contributed by atoms with Crippen molar-refractivity contribution in [3.63, 3.8) is 0 Å². The summed E-state index contributed by atoms with van der Waals surface area (Å²) in [6.45, 7) is 1.77. The normalized spacial score (nSPS) is 10.4. The van der Waals surface area contributed by atoms with Crippen molar-refractivity contribution in [1.29, 1.82) is 0 Å². The van der Waals surface area contributed by atoms with Gasteiger partial charge in [0.25, 0.3) is 0 Å². The van der Waals surface area contributed by atoms with E-state index in [2.05, 4.69) is 6.07 Å². The Balaban J connectivity index is 2.91. The lowest BCUT2D eigenvalue weighted by atomic mass is 10.2. The smallest absolute Gasteiger partial charge is 0.224 e. The van der Waals surface area contributed by atoms with Crippen LogP contribution in [0.4, 0.5) is 0 Å². The molecule has 0 fully saturated rings. The van der Waals surface area contributed by atoms with Crippen LogP contribution < -0.4 is 4.73 Å². The maximum atomic E-state index is 11.4. The predicted octanol–water partition coefficient (Wildman–Crippen LogP) is 1.58. The number of pyridine rings is 1. The van der Waals surface area contributed by atoms with Gasteiger partial charge in [0.2, 0.25) is 5.52 Å². The number of hydrogen-bond donors (Lipinski definition) is 0. The average molecular weight is 158 g/mol. The number of hydrogen-bond acceptors (Lipinski definition) is 1. The molecule has 1 heterocycles. The molecule has 0 aliphatic heterocycles. The van der Waals surface area contributed by atoms with E-state index in [1.54, 1.807) is 19.1 Å². The summed E-state index contributed by atoms with van der Waals surface area (Å²) in [6.07, 6.45) is 0. The molecule has 1 aromatic carbocycles. The van der Waals surface area contributed by atoms with E-state index in [1.807, 2.05) is 18.2 Å². The van der Waals surface area contributed by atoms with E-state index in [4.69, 9.17) is 0 Å². The van der Waals surface area contributed by atoms with Crippen molar-refractivity contribution in [2.45, 2.75) is 6.92 Å². The Hall–Kier alpha value is -1.57. The van der Waals surface area contributed by atoms with E-state index >= 15 is 0 Å². The van der Waals surface area contributed by atoms with Crippen molar-refractivity contribution < 1.29 is 4.73 Å². The lowest BCUT2D eigenvalue weighted by Crippen LogP contribution is -2.30. The minimum Gasteiger partial charge on any atom is -0.618 e. The first-order valence-corrected chi connectivity index (χ1v) is 3.78. The standard InChI is InChI=1S/C10H8NO/c1-8-6-7-9-4-2-3-5-10(9)11(8)12/h2-6H,1H3. The molecule has 0 aliphatic rings. The lowest BCUT2D eigenvalue weighted by molar-refractivity contribution is -0.584. The van der Waals surface area contributed by atoms with Gasteiger partial charge in [0.15, 0.2) is 5.69 Å². The zero-order valence-corrected chi connectivity index (χ0v) is 6.74. The topological polar surface area (TPSA) is 26.9 Å². The number of fused-ring (bicyclic) bond motifs is 1. The molecule has 0 aliphatic carbocycles. The number of nitrogens with zero attached hydrogens (tertiary/aromatic N) is 1. The van der Waals surface area contributed by atoms with Gasteiger partial charge in [-0.3, -0.25) is 0 Å². The van der Waals surface area contributed by atoms with E-state index in [9.17, 15) is 5.21 Å². The van der Waals surface area contributed by atoms with Gasteiger partial charge < -0.3 is 5.21 Å². The summed E-state index contributed by atoms with van der Waals surface area (Å²) in [5, 5.41) is 12.3. The maximum Gasteiger partial charge on any atom is 0.224 e. The van der Waals surface area contributed by atoms with Gasteiger partial charge in [-0.15, -0.1) is 0 Å². The fourth-order valence-electron chi connectivity index (χ4n) is 1.20. The summed E-state index contributed by atoms with van der Waals surface area (Å²) >= 11 is 0. The van der Waals surface area contributed by atoms with E-state index in [1.165, 1.54) is 0 Å². The summed E-state index contributed by atoms with van der Waals surface area (Å²) in [7, 11) is 0. The molecule has 59 valence electrons. The summed E-state index contributed by atoms with van der Waals surface area (Å²) < 4.78 is 0.922. The summed E-state index contributed by atoms with van der Waals surface area (Å²) in [6, 6.07) is 12.2. The van der Waals surface area contributed by atoms with Gasteiger partial charge in [-0.05, 0) is 6.07 Å². The highest BCUT2D eigenvalue weighted by Crippen LogP contribution is 2.08. The van der Waals surface area contributed by atoms with Gasteiger partial charge in [-0.1, -0.05) is 12.1 Å². The molecule has 0 unspecified atom stereocenters. The SMILES string of the molecule is Cc1c[c]c2ccccc2[n+]1[O-]. The first-order valence-electron chi connectivity index (χ1n) is 3.78. The number of aryl methyl sites for hydroxylation is 1. The Labute approximate surface area is 70.7 Å². The molecule has 0 atom stereocenters. The van der Waals surface area contributed by atoms with Gasteiger partial charge in [-0.2, -0.15) is 4.73 Å². The van der Waals surface area contributed by atoms with Crippen LogP contribution >= 0.6 is 0 Å². The monoisotopic (exact) mass is 158 g/mol. The largest absolute Gasteiger partial charge is 0.618 e. The highest BCUT2D eigenvalue weighted by Gasteiger charge is 2.04. The fourth-order valence-corrected chi connectivity index (χ4v) is 1.20. The Kier molecular flexibility index (Phi) is 1.47. The number of rotatable bonds is 0. The highest BCUT2D eigenvalue weighted by atomic mass is 16.5.